The molecule has 0 saturated heterocycles. The number of nitrogens with two attached hydrogens (primary N) is 1. The highest BCUT2D eigenvalue weighted by Crippen LogP contribution is 2.12. The van der Waals surface area contributed by atoms with Crippen molar-refractivity contribution in [3.63, 3.8) is 0 Å². The fourth-order valence-electron chi connectivity index (χ4n) is 0.953. The first-order valence-electron chi connectivity index (χ1n) is 5.69. The molecule has 0 rings (SSSR count). The average molecular weight is 278 g/mol. The van der Waals surface area contributed by atoms with Gasteiger partial charge in [-0.2, -0.15) is 11.8 Å². The third-order valence-corrected chi connectivity index (χ3v) is 3.16. The molecule has 4 N–H and O–H groups in total. The van der Waals surface area contributed by atoms with Crippen LogP contribution in [-0.2, 0) is 9.53 Å². The number of thioether (sulfide) groups is 1. The summed E-state index contributed by atoms with van der Waals surface area (Å²) in [4.78, 5) is 22.4. The van der Waals surface area contributed by atoms with E-state index in [0.29, 0.717) is 6.54 Å². The molecule has 0 aliphatic carbocycles. The van der Waals surface area contributed by atoms with Crippen molar-refractivity contribution in [2.45, 2.75) is 44.6 Å². The van der Waals surface area contributed by atoms with Gasteiger partial charge < -0.3 is 20.9 Å². The van der Waals surface area contributed by atoms with Gasteiger partial charge in [-0.3, -0.25) is 0 Å². The Kier molecular flexibility index (Phi) is 7.08. The molecule has 106 valence electrons. The molecule has 0 fully saturated rings. The molecule has 0 bridgehead atoms. The number of nitrogens with one attached hydrogen (secondary N) is 1. The minimum absolute atomic E-state index is 0.146. The van der Waals surface area contributed by atoms with Crippen LogP contribution < -0.4 is 11.1 Å². The number of amides is 1. The molecule has 7 heteroatoms. The summed E-state index contributed by atoms with van der Waals surface area (Å²) >= 11 is 1.40. The van der Waals surface area contributed by atoms with Gasteiger partial charge in [0.05, 0.1) is 0 Å². The van der Waals surface area contributed by atoms with E-state index in [1.54, 1.807) is 20.8 Å². The Morgan fingerprint density at radius 3 is 2.39 bits per heavy atom. The zero-order valence-electron chi connectivity index (χ0n) is 11.2. The van der Waals surface area contributed by atoms with Crippen molar-refractivity contribution in [1.82, 2.24) is 5.32 Å². The minimum Gasteiger partial charge on any atom is -0.480 e. The number of alkyl carbamates (subject to hydrolysis) is 1. The Labute approximate surface area is 112 Å². The highest BCUT2D eigenvalue weighted by Gasteiger charge is 2.24. The Morgan fingerprint density at radius 1 is 1.44 bits per heavy atom. The molecule has 18 heavy (non-hydrogen) atoms. The summed E-state index contributed by atoms with van der Waals surface area (Å²) in [6.45, 7) is 7.51. The van der Waals surface area contributed by atoms with Crippen LogP contribution in [0.4, 0.5) is 4.79 Å². The number of aliphatic carboxylic acids is 1. The van der Waals surface area contributed by atoms with E-state index in [2.05, 4.69) is 5.32 Å². The summed E-state index contributed by atoms with van der Waals surface area (Å²) in [5.74, 6) is -0.829. The lowest BCUT2D eigenvalue weighted by atomic mass is 10.2. The van der Waals surface area contributed by atoms with Crippen molar-refractivity contribution in [3.05, 3.63) is 0 Å². The number of carboxylic acid groups (broad SMARTS) is 1. The predicted octanol–water partition coefficient (Wildman–Crippen LogP) is 1.04. The van der Waals surface area contributed by atoms with Crippen LogP contribution in [-0.4, -0.2) is 46.4 Å². The largest absolute Gasteiger partial charge is 0.480 e. The number of carboxylic acids is 1. The molecule has 0 aromatic rings. The van der Waals surface area contributed by atoms with Crippen molar-refractivity contribution in [2.75, 3.05) is 12.3 Å². The summed E-state index contributed by atoms with van der Waals surface area (Å²) in [6, 6.07) is -0.973. The van der Waals surface area contributed by atoms with Crippen LogP contribution in [0, 0.1) is 0 Å². The molecular weight excluding hydrogens is 256 g/mol. The number of hydrogen-bond acceptors (Lipinski definition) is 5. The quantitative estimate of drug-likeness (QED) is 0.671. The van der Waals surface area contributed by atoms with Gasteiger partial charge in [0.15, 0.2) is 0 Å². The van der Waals surface area contributed by atoms with Crippen molar-refractivity contribution >= 4 is 23.8 Å². The average Bonchev–Trinajstić information content (AvgIpc) is 2.20. The lowest BCUT2D eigenvalue weighted by Gasteiger charge is -2.22. The summed E-state index contributed by atoms with van der Waals surface area (Å²) in [5, 5.41) is 11.5. The Morgan fingerprint density at radius 2 is 2.00 bits per heavy atom. The van der Waals surface area contributed by atoms with Crippen LogP contribution in [0.3, 0.4) is 0 Å². The first-order valence-corrected chi connectivity index (χ1v) is 6.74. The lowest BCUT2D eigenvalue weighted by molar-refractivity contribution is -0.138. The van der Waals surface area contributed by atoms with E-state index in [1.807, 2.05) is 6.92 Å². The number of rotatable bonds is 6. The first kappa shape index (κ1) is 17.1. The molecule has 2 atom stereocenters. The van der Waals surface area contributed by atoms with Crippen LogP contribution in [0.1, 0.15) is 27.7 Å². The lowest BCUT2D eigenvalue weighted by Crippen LogP contribution is -2.45. The summed E-state index contributed by atoms with van der Waals surface area (Å²) in [7, 11) is 0. The summed E-state index contributed by atoms with van der Waals surface area (Å²) in [6.07, 6.45) is -0.726. The zero-order valence-corrected chi connectivity index (χ0v) is 12.0. The van der Waals surface area contributed by atoms with Crippen LogP contribution in [0.25, 0.3) is 0 Å². The molecule has 1 amide bonds. The molecule has 0 aromatic heterocycles. The molecule has 0 saturated carbocycles. The molecule has 0 aliphatic heterocycles. The smallest absolute Gasteiger partial charge is 0.408 e. The van der Waals surface area contributed by atoms with Crippen molar-refractivity contribution in [3.8, 4) is 0 Å². The van der Waals surface area contributed by atoms with Gasteiger partial charge in [0.1, 0.15) is 11.6 Å². The van der Waals surface area contributed by atoms with Crippen molar-refractivity contribution in [2.24, 2.45) is 5.73 Å². The van der Waals surface area contributed by atoms with Gasteiger partial charge in [-0.25, -0.2) is 9.59 Å². The number of carbonyl (C=O) groups excluding carboxylic acids is 1. The van der Waals surface area contributed by atoms with E-state index in [4.69, 9.17) is 15.6 Å². The van der Waals surface area contributed by atoms with Gasteiger partial charge in [0.25, 0.3) is 0 Å². The van der Waals surface area contributed by atoms with Gasteiger partial charge in [-0.1, -0.05) is 6.92 Å². The van der Waals surface area contributed by atoms with Crippen LogP contribution in [0.2, 0.25) is 0 Å². The van der Waals surface area contributed by atoms with E-state index in [1.165, 1.54) is 11.8 Å². The van der Waals surface area contributed by atoms with E-state index in [9.17, 15) is 9.59 Å². The molecule has 6 nitrogen and oxygen atoms in total. The number of carbonyl (C=O) groups is 2. The second kappa shape index (κ2) is 7.48. The second-order valence-corrected chi connectivity index (χ2v) is 6.39. The predicted molar refractivity (Wildman–Crippen MR) is 71.8 cm³/mol. The van der Waals surface area contributed by atoms with Gasteiger partial charge in [-0.05, 0) is 20.8 Å². The normalized spacial score (nSPS) is 14.7. The Bertz CT molecular complexity index is 291. The van der Waals surface area contributed by atoms with Crippen LogP contribution in [0.15, 0.2) is 0 Å². The molecule has 2 unspecified atom stereocenters. The molecule has 0 aliphatic rings. The third kappa shape index (κ3) is 8.19. The van der Waals surface area contributed by atoms with Crippen LogP contribution >= 0.6 is 11.8 Å². The summed E-state index contributed by atoms with van der Waals surface area (Å²) < 4.78 is 5.00. The van der Waals surface area contributed by atoms with Gasteiger partial charge >= 0.3 is 12.1 Å². The molecule has 0 aromatic carbocycles. The third-order valence-electron chi connectivity index (χ3n) is 1.87. The number of hydrogen-bond donors (Lipinski definition) is 3. The molecule has 0 heterocycles. The maximum atomic E-state index is 11.5. The van der Waals surface area contributed by atoms with Gasteiger partial charge in [0.2, 0.25) is 0 Å². The fraction of sp³-hybridized carbons (Fsp3) is 0.818. The van der Waals surface area contributed by atoms with Crippen molar-refractivity contribution < 1.29 is 19.4 Å². The number of ether oxygens (including phenoxy) is 1. The van der Waals surface area contributed by atoms with E-state index < -0.39 is 23.7 Å². The molecule has 0 radical (unpaired) electrons. The van der Waals surface area contributed by atoms with Crippen molar-refractivity contribution in [1.29, 1.82) is 0 Å². The van der Waals surface area contributed by atoms with Gasteiger partial charge in [0, 0.05) is 17.5 Å². The maximum Gasteiger partial charge on any atom is 0.408 e. The van der Waals surface area contributed by atoms with Gasteiger partial charge in [-0.15, -0.1) is 0 Å². The first-order chi connectivity index (χ1) is 8.15. The Hall–Kier alpha value is -0.950. The monoisotopic (exact) mass is 278 g/mol. The standard InChI is InChI=1S/C11H22N2O4S/c1-7(5-12)18-6-8(9(14)15)13-10(16)17-11(2,3)4/h7-8H,5-6,12H2,1-4H3,(H,13,16)(H,14,15). The fourth-order valence-corrected chi connectivity index (χ4v) is 1.84. The van der Waals surface area contributed by atoms with Crippen LogP contribution in [0.5, 0.6) is 0 Å². The SMILES string of the molecule is CC(CN)SCC(NC(=O)OC(C)(C)C)C(=O)O. The second-order valence-electron chi connectivity index (χ2n) is 4.92. The van der Waals surface area contributed by atoms with E-state index >= 15 is 0 Å². The maximum absolute atomic E-state index is 11.5. The molecule has 0 spiro atoms. The Balaban J connectivity index is 4.28. The van der Waals surface area contributed by atoms with E-state index in [0.717, 1.165) is 0 Å². The highest BCUT2D eigenvalue weighted by molar-refractivity contribution is 8.00. The van der Waals surface area contributed by atoms with E-state index in [-0.39, 0.29) is 11.0 Å². The molecular formula is C11H22N2O4S. The zero-order chi connectivity index (χ0) is 14.3. The summed E-state index contributed by atoms with van der Waals surface area (Å²) in [5.41, 5.74) is 4.79. The highest BCUT2D eigenvalue weighted by atomic mass is 32.2. The minimum atomic E-state index is -1.09. The topological polar surface area (TPSA) is 102 Å².